The van der Waals surface area contributed by atoms with Crippen molar-refractivity contribution < 1.29 is 14.3 Å². The second-order valence-electron chi connectivity index (χ2n) is 4.58. The molecular weight excluding hydrogens is 255 g/mol. The molecule has 4 nitrogen and oxygen atoms in total. The fourth-order valence-corrected chi connectivity index (χ4v) is 3.22. The predicted octanol–water partition coefficient (Wildman–Crippen LogP) is 2.62. The number of hydrogen-bond acceptors (Lipinski definition) is 4. The zero-order valence-corrected chi connectivity index (χ0v) is 10.9. The molecule has 2 rings (SSSR count). The van der Waals surface area contributed by atoms with Gasteiger partial charge in [-0.3, -0.25) is 0 Å². The Morgan fingerprint density at radius 3 is 3.11 bits per heavy atom. The van der Waals surface area contributed by atoms with E-state index in [1.165, 1.54) is 6.20 Å². The Hall–Kier alpha value is -1.30. The maximum absolute atomic E-state index is 13.8. The second kappa shape index (κ2) is 5.14. The Morgan fingerprint density at radius 2 is 2.50 bits per heavy atom. The van der Waals surface area contributed by atoms with Crippen LogP contribution in [-0.4, -0.2) is 33.1 Å². The van der Waals surface area contributed by atoms with Gasteiger partial charge in [-0.25, -0.2) is 14.2 Å². The molecule has 98 valence electrons. The lowest BCUT2D eigenvalue weighted by molar-refractivity contribution is 0.0692. The Labute approximate surface area is 109 Å². The summed E-state index contributed by atoms with van der Waals surface area (Å²) >= 11 is 1.85. The number of aromatic carboxylic acids is 1. The molecule has 0 bridgehead atoms. The van der Waals surface area contributed by atoms with Gasteiger partial charge in [-0.1, -0.05) is 0 Å². The summed E-state index contributed by atoms with van der Waals surface area (Å²) in [7, 11) is 0. The van der Waals surface area contributed by atoms with Crippen LogP contribution in [0.25, 0.3) is 0 Å². The summed E-state index contributed by atoms with van der Waals surface area (Å²) in [5, 5.41) is 11.7. The lowest BCUT2D eigenvalue weighted by atomic mass is 10.1. The molecule has 1 atom stereocenters. The first-order valence-electron chi connectivity index (χ1n) is 5.77. The van der Waals surface area contributed by atoms with Gasteiger partial charge in [0.2, 0.25) is 0 Å². The zero-order valence-electron chi connectivity index (χ0n) is 10.1. The van der Waals surface area contributed by atoms with Crippen LogP contribution in [0.1, 0.15) is 30.1 Å². The van der Waals surface area contributed by atoms with Gasteiger partial charge in [0.1, 0.15) is 5.56 Å². The molecule has 2 N–H and O–H groups in total. The molecule has 1 unspecified atom stereocenters. The number of carbonyl (C=O) groups is 1. The van der Waals surface area contributed by atoms with Crippen molar-refractivity contribution in [1.29, 1.82) is 0 Å². The molecule has 0 aromatic carbocycles. The van der Waals surface area contributed by atoms with Crippen LogP contribution in [0.4, 0.5) is 10.2 Å². The number of pyridine rings is 1. The van der Waals surface area contributed by atoms with Gasteiger partial charge in [-0.05, 0) is 31.6 Å². The lowest BCUT2D eigenvalue weighted by Gasteiger charge is -2.23. The standard InChI is InChI=1S/C12H15FN2O2S/c1-12(4-2-6-18-12)7-15-10-9(13)8(11(16)17)3-5-14-10/h3,5H,2,4,6-7H2,1H3,(H,14,15)(H,16,17). The molecule has 1 aromatic heterocycles. The summed E-state index contributed by atoms with van der Waals surface area (Å²) < 4.78 is 13.9. The molecule has 2 heterocycles. The highest BCUT2D eigenvalue weighted by molar-refractivity contribution is 8.00. The van der Waals surface area contributed by atoms with Gasteiger partial charge < -0.3 is 10.4 Å². The van der Waals surface area contributed by atoms with Crippen LogP contribution in [0.3, 0.4) is 0 Å². The van der Waals surface area contributed by atoms with E-state index < -0.39 is 11.8 Å². The minimum Gasteiger partial charge on any atom is -0.478 e. The van der Waals surface area contributed by atoms with Crippen molar-refractivity contribution in [2.75, 3.05) is 17.6 Å². The molecule has 0 radical (unpaired) electrons. The van der Waals surface area contributed by atoms with E-state index in [1.54, 1.807) is 0 Å². The molecule has 1 aliphatic heterocycles. The third kappa shape index (κ3) is 2.75. The first kappa shape index (κ1) is 13.1. The third-order valence-corrected chi connectivity index (χ3v) is 4.59. The Kier molecular flexibility index (Phi) is 3.75. The van der Waals surface area contributed by atoms with Gasteiger partial charge in [-0.2, -0.15) is 11.8 Å². The number of nitrogens with one attached hydrogen (secondary N) is 1. The highest BCUT2D eigenvalue weighted by atomic mass is 32.2. The van der Waals surface area contributed by atoms with Crippen LogP contribution in [0, 0.1) is 5.82 Å². The van der Waals surface area contributed by atoms with Crippen LogP contribution in [0.2, 0.25) is 0 Å². The molecule has 0 spiro atoms. The van der Waals surface area contributed by atoms with Crippen molar-refractivity contribution in [3.05, 3.63) is 23.6 Å². The van der Waals surface area contributed by atoms with E-state index in [4.69, 9.17) is 5.11 Å². The SMILES string of the molecule is CC1(CNc2nccc(C(=O)O)c2F)CCCS1. The molecule has 1 aliphatic rings. The summed E-state index contributed by atoms with van der Waals surface area (Å²) in [6, 6.07) is 1.16. The molecule has 6 heteroatoms. The average molecular weight is 270 g/mol. The normalized spacial score (nSPS) is 23.0. The molecule has 1 fully saturated rings. The number of rotatable bonds is 4. The topological polar surface area (TPSA) is 62.2 Å². The Balaban J connectivity index is 2.10. The maximum atomic E-state index is 13.8. The fraction of sp³-hybridized carbons (Fsp3) is 0.500. The summed E-state index contributed by atoms with van der Waals surface area (Å²) in [5.41, 5.74) is -0.350. The molecular formula is C12H15FN2O2S. The quantitative estimate of drug-likeness (QED) is 0.880. The van der Waals surface area contributed by atoms with Crippen molar-refractivity contribution in [3.63, 3.8) is 0 Å². The summed E-state index contributed by atoms with van der Waals surface area (Å²) in [6.45, 7) is 2.71. The van der Waals surface area contributed by atoms with E-state index in [0.717, 1.165) is 24.7 Å². The highest BCUT2D eigenvalue weighted by Gasteiger charge is 2.29. The Morgan fingerprint density at radius 1 is 1.72 bits per heavy atom. The smallest absolute Gasteiger partial charge is 0.338 e. The number of anilines is 1. The zero-order chi connectivity index (χ0) is 13.2. The van der Waals surface area contributed by atoms with Gasteiger partial charge in [0.15, 0.2) is 11.6 Å². The average Bonchev–Trinajstić information content (AvgIpc) is 2.75. The van der Waals surface area contributed by atoms with Crippen LogP contribution in [-0.2, 0) is 0 Å². The van der Waals surface area contributed by atoms with Crippen molar-refractivity contribution in [2.45, 2.75) is 24.5 Å². The first-order chi connectivity index (χ1) is 8.52. The number of carboxylic acids is 1. The van der Waals surface area contributed by atoms with E-state index in [9.17, 15) is 9.18 Å². The largest absolute Gasteiger partial charge is 0.478 e. The lowest BCUT2D eigenvalue weighted by Crippen LogP contribution is -2.28. The minimum absolute atomic E-state index is 0.0172. The van der Waals surface area contributed by atoms with Gasteiger partial charge in [0.25, 0.3) is 0 Å². The number of aromatic nitrogens is 1. The molecule has 0 aliphatic carbocycles. The van der Waals surface area contributed by atoms with Crippen LogP contribution in [0.5, 0.6) is 0 Å². The van der Waals surface area contributed by atoms with Crippen molar-refractivity contribution in [1.82, 2.24) is 4.98 Å². The Bertz CT molecular complexity index is 461. The number of halogens is 1. The van der Waals surface area contributed by atoms with Gasteiger partial charge >= 0.3 is 5.97 Å². The van der Waals surface area contributed by atoms with Gasteiger partial charge in [-0.15, -0.1) is 0 Å². The number of carboxylic acid groups (broad SMARTS) is 1. The summed E-state index contributed by atoms with van der Waals surface area (Å²) in [6.07, 6.45) is 3.54. The number of hydrogen-bond donors (Lipinski definition) is 2. The summed E-state index contributed by atoms with van der Waals surface area (Å²) in [5.74, 6) is -0.942. The van der Waals surface area contributed by atoms with E-state index in [-0.39, 0.29) is 16.1 Å². The fourth-order valence-electron chi connectivity index (χ4n) is 1.98. The van der Waals surface area contributed by atoms with E-state index in [2.05, 4.69) is 17.2 Å². The van der Waals surface area contributed by atoms with Crippen molar-refractivity contribution >= 4 is 23.5 Å². The minimum atomic E-state index is -1.28. The van der Waals surface area contributed by atoms with E-state index in [0.29, 0.717) is 6.54 Å². The maximum Gasteiger partial charge on any atom is 0.338 e. The second-order valence-corrected chi connectivity index (χ2v) is 6.26. The molecule has 0 saturated carbocycles. The third-order valence-electron chi connectivity index (χ3n) is 3.05. The monoisotopic (exact) mass is 270 g/mol. The van der Waals surface area contributed by atoms with E-state index in [1.807, 2.05) is 11.8 Å². The predicted molar refractivity (Wildman–Crippen MR) is 69.7 cm³/mol. The molecule has 18 heavy (non-hydrogen) atoms. The van der Waals surface area contributed by atoms with Gasteiger partial charge in [0.05, 0.1) is 0 Å². The van der Waals surface area contributed by atoms with Crippen LogP contribution < -0.4 is 5.32 Å². The van der Waals surface area contributed by atoms with Crippen molar-refractivity contribution in [2.24, 2.45) is 0 Å². The van der Waals surface area contributed by atoms with Crippen molar-refractivity contribution in [3.8, 4) is 0 Å². The van der Waals surface area contributed by atoms with Crippen LogP contribution in [0.15, 0.2) is 12.3 Å². The number of nitrogens with zero attached hydrogens (tertiary/aromatic N) is 1. The van der Waals surface area contributed by atoms with Gasteiger partial charge in [0, 0.05) is 17.5 Å². The molecule has 1 aromatic rings. The molecule has 0 amide bonds. The molecule has 1 saturated heterocycles. The van der Waals surface area contributed by atoms with E-state index >= 15 is 0 Å². The number of thioether (sulfide) groups is 1. The highest BCUT2D eigenvalue weighted by Crippen LogP contribution is 2.37. The van der Waals surface area contributed by atoms with Crippen LogP contribution >= 0.6 is 11.8 Å². The summed E-state index contributed by atoms with van der Waals surface area (Å²) in [4.78, 5) is 14.7. The first-order valence-corrected chi connectivity index (χ1v) is 6.76.